The van der Waals surface area contributed by atoms with Crippen molar-refractivity contribution in [2.24, 2.45) is 0 Å². The van der Waals surface area contributed by atoms with Crippen LogP contribution in [0.2, 0.25) is 0 Å². The Hall–Kier alpha value is -2.77. The maximum absolute atomic E-state index is 13.5. The Labute approximate surface area is 169 Å². The molecule has 0 N–H and O–H groups in total. The zero-order chi connectivity index (χ0) is 19.5. The predicted molar refractivity (Wildman–Crippen MR) is 114 cm³/mol. The summed E-state index contributed by atoms with van der Waals surface area (Å²) in [6.07, 6.45) is 0.773. The minimum Gasteiger partial charge on any atom is -0.469 e. The van der Waals surface area contributed by atoms with Crippen LogP contribution < -0.4 is 5.56 Å². The van der Waals surface area contributed by atoms with Gasteiger partial charge in [0.15, 0.2) is 0 Å². The second-order valence-corrected chi connectivity index (χ2v) is 8.05. The third-order valence-electron chi connectivity index (χ3n) is 4.50. The van der Waals surface area contributed by atoms with Gasteiger partial charge in [-0.1, -0.05) is 36.4 Å². The number of thiophene rings is 2. The highest BCUT2D eigenvalue weighted by Gasteiger charge is 2.18. The Morgan fingerprint density at radius 3 is 2.68 bits per heavy atom. The van der Waals surface area contributed by atoms with Crippen LogP contribution in [0.15, 0.2) is 58.0 Å². The monoisotopic (exact) mass is 410 g/mol. The number of benzene rings is 1. The summed E-state index contributed by atoms with van der Waals surface area (Å²) in [6, 6.07) is 13.7. The fourth-order valence-electron chi connectivity index (χ4n) is 3.14. The van der Waals surface area contributed by atoms with Crippen molar-refractivity contribution in [1.82, 2.24) is 9.55 Å². The van der Waals surface area contributed by atoms with Crippen molar-refractivity contribution >= 4 is 38.9 Å². The Morgan fingerprint density at radius 1 is 1.14 bits per heavy atom. The fraction of sp³-hybridized carbons (Fsp3) is 0.190. The molecule has 4 rings (SSSR count). The van der Waals surface area contributed by atoms with Gasteiger partial charge in [-0.3, -0.25) is 14.2 Å². The van der Waals surface area contributed by atoms with Crippen molar-refractivity contribution in [1.29, 1.82) is 0 Å². The van der Waals surface area contributed by atoms with E-state index in [1.807, 2.05) is 53.2 Å². The molecule has 0 amide bonds. The molecular weight excluding hydrogens is 392 g/mol. The summed E-state index contributed by atoms with van der Waals surface area (Å²) in [7, 11) is 1.37. The number of aromatic nitrogens is 2. The maximum Gasteiger partial charge on any atom is 0.305 e. The van der Waals surface area contributed by atoms with Crippen molar-refractivity contribution in [2.75, 3.05) is 7.11 Å². The zero-order valence-electron chi connectivity index (χ0n) is 15.3. The number of hydrogen-bond donors (Lipinski definition) is 0. The van der Waals surface area contributed by atoms with Gasteiger partial charge in [-0.25, -0.2) is 4.98 Å². The van der Waals surface area contributed by atoms with Crippen LogP contribution in [-0.2, 0) is 16.1 Å². The van der Waals surface area contributed by atoms with E-state index in [4.69, 9.17) is 9.72 Å². The molecule has 7 heteroatoms. The Morgan fingerprint density at radius 2 is 1.96 bits per heavy atom. The van der Waals surface area contributed by atoms with Crippen LogP contribution in [0, 0.1) is 0 Å². The van der Waals surface area contributed by atoms with Gasteiger partial charge in [-0.2, -0.15) is 0 Å². The molecule has 1 aromatic carbocycles. The van der Waals surface area contributed by atoms with Gasteiger partial charge in [0.1, 0.15) is 10.7 Å². The number of rotatable bonds is 6. The molecule has 0 spiro atoms. The van der Waals surface area contributed by atoms with Crippen molar-refractivity contribution in [2.45, 2.75) is 19.4 Å². The van der Waals surface area contributed by atoms with Crippen LogP contribution in [0.3, 0.4) is 0 Å². The molecule has 0 aliphatic rings. The molecule has 3 heterocycles. The van der Waals surface area contributed by atoms with Gasteiger partial charge in [0, 0.05) is 34.3 Å². The molecule has 0 fully saturated rings. The highest BCUT2D eigenvalue weighted by molar-refractivity contribution is 7.18. The largest absolute Gasteiger partial charge is 0.469 e. The lowest BCUT2D eigenvalue weighted by Crippen LogP contribution is -2.24. The van der Waals surface area contributed by atoms with Crippen LogP contribution in [0.5, 0.6) is 0 Å². The lowest BCUT2D eigenvalue weighted by molar-refractivity contribution is -0.140. The molecule has 5 nitrogen and oxygen atoms in total. The smallest absolute Gasteiger partial charge is 0.305 e. The average molecular weight is 411 g/mol. The van der Waals surface area contributed by atoms with E-state index in [1.165, 1.54) is 18.4 Å². The molecule has 142 valence electrons. The van der Waals surface area contributed by atoms with Gasteiger partial charge in [0.05, 0.1) is 12.5 Å². The summed E-state index contributed by atoms with van der Waals surface area (Å²) in [5.74, 6) is 0.348. The van der Waals surface area contributed by atoms with Crippen LogP contribution in [0.25, 0.3) is 32.0 Å². The summed E-state index contributed by atoms with van der Waals surface area (Å²) >= 11 is 3.09. The number of carbonyl (C=O) groups excluding carboxylic acids is 1. The Kier molecular flexibility index (Phi) is 5.36. The van der Waals surface area contributed by atoms with E-state index < -0.39 is 0 Å². The molecule has 0 aliphatic carbocycles. The number of esters is 1. The molecule has 0 atom stereocenters. The Bertz CT molecular complexity index is 1160. The van der Waals surface area contributed by atoms with E-state index in [0.717, 1.165) is 20.8 Å². The van der Waals surface area contributed by atoms with Gasteiger partial charge in [-0.05, 0) is 17.9 Å². The highest BCUT2D eigenvalue weighted by atomic mass is 32.1. The molecule has 28 heavy (non-hydrogen) atoms. The lowest BCUT2D eigenvalue weighted by atomic mass is 10.1. The summed E-state index contributed by atoms with van der Waals surface area (Å²) in [5.41, 5.74) is 1.73. The number of fused-ring (bicyclic) bond motifs is 1. The third-order valence-corrected chi connectivity index (χ3v) is 6.28. The van der Waals surface area contributed by atoms with Gasteiger partial charge >= 0.3 is 5.97 Å². The van der Waals surface area contributed by atoms with Gasteiger partial charge in [0.2, 0.25) is 0 Å². The summed E-state index contributed by atoms with van der Waals surface area (Å²) in [4.78, 5) is 31.6. The first-order chi connectivity index (χ1) is 13.7. The zero-order valence-corrected chi connectivity index (χ0v) is 16.9. The summed E-state index contributed by atoms with van der Waals surface area (Å²) in [6.45, 7) is 0.404. The maximum atomic E-state index is 13.5. The molecule has 0 unspecified atom stereocenters. The number of methoxy groups -OCH3 is 1. The van der Waals surface area contributed by atoms with E-state index >= 15 is 0 Å². The summed E-state index contributed by atoms with van der Waals surface area (Å²) < 4.78 is 6.41. The highest BCUT2D eigenvalue weighted by Crippen LogP contribution is 2.34. The molecule has 4 aromatic rings. The molecule has 0 saturated carbocycles. The molecule has 0 aliphatic heterocycles. The SMILES string of the molecule is COC(=O)CCCn1c(-c2ccccc2)nc2scc(-c3cccs3)c2c1=O. The number of carbonyl (C=O) groups is 1. The van der Waals surface area contributed by atoms with Crippen molar-refractivity contribution in [3.8, 4) is 21.8 Å². The molecule has 0 radical (unpaired) electrons. The number of nitrogens with zero attached hydrogens (tertiary/aromatic N) is 2. The van der Waals surface area contributed by atoms with Gasteiger partial charge < -0.3 is 4.74 Å². The minimum atomic E-state index is -0.279. The quantitative estimate of drug-likeness (QED) is 0.428. The molecule has 3 aromatic heterocycles. The normalized spacial score (nSPS) is 11.0. The first-order valence-corrected chi connectivity index (χ1v) is 10.6. The fourth-order valence-corrected chi connectivity index (χ4v) is 4.89. The third kappa shape index (κ3) is 3.50. The lowest BCUT2D eigenvalue weighted by Gasteiger charge is -2.13. The summed E-state index contributed by atoms with van der Waals surface area (Å²) in [5, 5.41) is 4.64. The average Bonchev–Trinajstić information content (AvgIpc) is 3.39. The number of hydrogen-bond acceptors (Lipinski definition) is 6. The van der Waals surface area contributed by atoms with Crippen molar-refractivity contribution in [3.63, 3.8) is 0 Å². The van der Waals surface area contributed by atoms with E-state index in [0.29, 0.717) is 24.2 Å². The number of ether oxygens (including phenoxy) is 1. The van der Waals surface area contributed by atoms with E-state index in [1.54, 1.807) is 15.9 Å². The van der Waals surface area contributed by atoms with Crippen LogP contribution in [0.4, 0.5) is 0 Å². The van der Waals surface area contributed by atoms with Crippen molar-refractivity contribution in [3.05, 3.63) is 63.6 Å². The molecule has 0 saturated heterocycles. The molecular formula is C21H18N2O3S2. The van der Waals surface area contributed by atoms with E-state index in [9.17, 15) is 9.59 Å². The van der Waals surface area contributed by atoms with Crippen molar-refractivity contribution < 1.29 is 9.53 Å². The van der Waals surface area contributed by atoms with Gasteiger partial charge in [0.25, 0.3) is 5.56 Å². The van der Waals surface area contributed by atoms with Crippen LogP contribution in [-0.4, -0.2) is 22.6 Å². The standard InChI is InChI=1S/C21H18N2O3S2/c1-26-17(24)10-5-11-23-19(14-7-3-2-4-8-14)22-20-18(21(23)25)15(13-28-20)16-9-6-12-27-16/h2-4,6-9,12-13H,5,10-11H2,1H3. The second kappa shape index (κ2) is 8.08. The van der Waals surface area contributed by atoms with Crippen LogP contribution in [0.1, 0.15) is 12.8 Å². The van der Waals surface area contributed by atoms with Crippen LogP contribution >= 0.6 is 22.7 Å². The molecule has 0 bridgehead atoms. The van der Waals surface area contributed by atoms with E-state index in [-0.39, 0.29) is 17.9 Å². The van der Waals surface area contributed by atoms with E-state index in [2.05, 4.69) is 0 Å². The predicted octanol–water partition coefficient (Wildman–Crippen LogP) is 4.81. The second-order valence-electron chi connectivity index (χ2n) is 6.24. The Balaban J connectivity index is 1.86. The first-order valence-electron chi connectivity index (χ1n) is 8.87. The minimum absolute atomic E-state index is 0.0710. The topological polar surface area (TPSA) is 61.2 Å². The van der Waals surface area contributed by atoms with Gasteiger partial charge in [-0.15, -0.1) is 22.7 Å². The first kappa shape index (κ1) is 18.6.